The number of nitrogens with two attached hydrogens (primary N) is 1. The van der Waals surface area contributed by atoms with Gasteiger partial charge in [-0.05, 0) is 36.6 Å². The Morgan fingerprint density at radius 1 is 1.47 bits per heavy atom. The summed E-state index contributed by atoms with van der Waals surface area (Å²) in [5.74, 6) is -0.681. The molecule has 1 unspecified atom stereocenters. The van der Waals surface area contributed by atoms with Crippen LogP contribution in [-0.4, -0.2) is 38.9 Å². The highest BCUT2D eigenvalue weighted by atomic mass is 32.2. The first-order valence-electron chi connectivity index (χ1n) is 5.52. The molecule has 1 aromatic carbocycles. The molecule has 0 aliphatic carbocycles. The number of ether oxygens (including phenoxy) is 1. The van der Waals surface area contributed by atoms with Crippen molar-refractivity contribution in [1.29, 1.82) is 0 Å². The summed E-state index contributed by atoms with van der Waals surface area (Å²) in [6.07, 6.45) is 0.998. The summed E-state index contributed by atoms with van der Waals surface area (Å²) < 4.78 is 28.6. The van der Waals surface area contributed by atoms with Crippen LogP contribution in [0.4, 0.5) is 0 Å². The van der Waals surface area contributed by atoms with Crippen LogP contribution in [0.25, 0.3) is 0 Å². The van der Waals surface area contributed by atoms with Crippen LogP contribution in [0, 0.1) is 6.92 Å². The number of hydrogen-bond donors (Lipinski definition) is 2. The van der Waals surface area contributed by atoms with E-state index in [1.165, 1.54) is 19.2 Å². The minimum atomic E-state index is -3.46. The van der Waals surface area contributed by atoms with Gasteiger partial charge in [0.15, 0.2) is 9.84 Å². The molecule has 7 heteroatoms. The van der Waals surface area contributed by atoms with Crippen LogP contribution in [0.2, 0.25) is 0 Å². The molecule has 0 spiro atoms. The maximum Gasteiger partial charge on any atom is 0.320 e. The van der Waals surface area contributed by atoms with Gasteiger partial charge in [-0.15, -0.1) is 0 Å². The number of sulfone groups is 1. The smallest absolute Gasteiger partial charge is 0.320 e. The van der Waals surface area contributed by atoms with Gasteiger partial charge in [-0.1, -0.05) is 0 Å². The molecule has 106 valence electrons. The molecular formula is C12H17NO5S. The van der Waals surface area contributed by atoms with Crippen molar-refractivity contribution in [1.82, 2.24) is 0 Å². The molecule has 0 aromatic heterocycles. The van der Waals surface area contributed by atoms with Gasteiger partial charge >= 0.3 is 5.97 Å². The van der Waals surface area contributed by atoms with Crippen LogP contribution in [-0.2, 0) is 21.1 Å². The van der Waals surface area contributed by atoms with Crippen molar-refractivity contribution in [2.75, 3.05) is 13.4 Å². The van der Waals surface area contributed by atoms with Gasteiger partial charge in [-0.2, -0.15) is 0 Å². The quantitative estimate of drug-likeness (QED) is 0.810. The van der Waals surface area contributed by atoms with Crippen molar-refractivity contribution in [3.63, 3.8) is 0 Å². The summed E-state index contributed by atoms with van der Waals surface area (Å²) in [6, 6.07) is 1.83. The Hall–Kier alpha value is -1.60. The predicted molar refractivity (Wildman–Crippen MR) is 70.2 cm³/mol. The number of rotatable bonds is 5. The van der Waals surface area contributed by atoms with Crippen molar-refractivity contribution in [2.45, 2.75) is 24.3 Å². The van der Waals surface area contributed by atoms with E-state index in [1.807, 2.05) is 0 Å². The average molecular weight is 287 g/mol. The van der Waals surface area contributed by atoms with Crippen LogP contribution in [0.5, 0.6) is 5.75 Å². The van der Waals surface area contributed by atoms with Crippen molar-refractivity contribution in [3.8, 4) is 5.75 Å². The second-order valence-corrected chi connectivity index (χ2v) is 6.33. The van der Waals surface area contributed by atoms with Gasteiger partial charge in [0.25, 0.3) is 0 Å². The Bertz CT molecular complexity index is 594. The zero-order valence-corrected chi connectivity index (χ0v) is 11.8. The lowest BCUT2D eigenvalue weighted by atomic mass is 10.0. The van der Waals surface area contributed by atoms with Gasteiger partial charge in [0.1, 0.15) is 11.8 Å². The number of aryl methyl sites for hydroxylation is 1. The van der Waals surface area contributed by atoms with E-state index in [2.05, 4.69) is 0 Å². The topological polar surface area (TPSA) is 107 Å². The third-order valence-corrected chi connectivity index (χ3v) is 3.91. The SMILES string of the molecule is COc1cc(CC(N)C(=O)O)c(S(C)(=O)=O)cc1C. The first-order chi connectivity index (χ1) is 8.66. The molecule has 19 heavy (non-hydrogen) atoms. The van der Waals surface area contributed by atoms with Crippen molar-refractivity contribution < 1.29 is 23.1 Å². The molecule has 0 aliphatic heterocycles. The minimum absolute atomic E-state index is 0.0750. The predicted octanol–water partition coefficient (Wildman–Crippen LogP) is 0.362. The average Bonchev–Trinajstić information content (AvgIpc) is 2.29. The number of methoxy groups -OCH3 is 1. The molecule has 0 radical (unpaired) electrons. The van der Waals surface area contributed by atoms with E-state index >= 15 is 0 Å². The second-order valence-electron chi connectivity index (χ2n) is 4.35. The van der Waals surface area contributed by atoms with Gasteiger partial charge in [0.05, 0.1) is 12.0 Å². The Labute approximate surface area is 112 Å². The lowest BCUT2D eigenvalue weighted by molar-refractivity contribution is -0.138. The summed E-state index contributed by atoms with van der Waals surface area (Å²) in [4.78, 5) is 10.9. The number of carbonyl (C=O) groups is 1. The highest BCUT2D eigenvalue weighted by molar-refractivity contribution is 7.90. The molecule has 0 bridgehead atoms. The zero-order valence-electron chi connectivity index (χ0n) is 11.0. The van der Waals surface area contributed by atoms with Gasteiger partial charge in [-0.3, -0.25) is 4.79 Å². The number of aliphatic carboxylic acids is 1. The molecule has 3 N–H and O–H groups in total. The molecule has 0 saturated heterocycles. The molecule has 1 rings (SSSR count). The van der Waals surface area contributed by atoms with Crippen molar-refractivity contribution >= 4 is 15.8 Å². The second kappa shape index (κ2) is 5.58. The molecular weight excluding hydrogens is 270 g/mol. The molecule has 0 amide bonds. The summed E-state index contributed by atoms with van der Waals surface area (Å²) in [5.41, 5.74) is 6.46. The summed E-state index contributed by atoms with van der Waals surface area (Å²) in [7, 11) is -1.99. The maximum absolute atomic E-state index is 11.7. The largest absolute Gasteiger partial charge is 0.496 e. The number of carboxylic acids is 1. The Morgan fingerprint density at radius 2 is 2.05 bits per heavy atom. The van der Waals surface area contributed by atoms with Gasteiger partial charge in [0, 0.05) is 6.26 Å². The third-order valence-electron chi connectivity index (χ3n) is 2.73. The van der Waals surface area contributed by atoms with Crippen LogP contribution in [0.1, 0.15) is 11.1 Å². The number of benzene rings is 1. The monoisotopic (exact) mass is 287 g/mol. The Balaban J connectivity index is 3.38. The maximum atomic E-state index is 11.7. The van der Waals surface area contributed by atoms with E-state index in [-0.39, 0.29) is 11.3 Å². The standard InChI is InChI=1S/C12H17NO5S/c1-7-4-11(19(3,16)17)8(6-10(7)18-2)5-9(13)12(14)15/h4,6,9H,5,13H2,1-3H3,(H,14,15). The molecule has 1 aromatic rings. The van der Waals surface area contributed by atoms with Crippen LogP contribution in [0.3, 0.4) is 0 Å². The molecule has 0 aliphatic rings. The summed E-state index contributed by atoms with van der Waals surface area (Å²) >= 11 is 0. The Kier molecular flexibility index (Phi) is 4.54. The normalized spacial score (nSPS) is 13.1. The highest BCUT2D eigenvalue weighted by Crippen LogP contribution is 2.27. The molecule has 0 saturated carbocycles. The molecule has 0 fully saturated rings. The molecule has 0 heterocycles. The summed E-state index contributed by atoms with van der Waals surface area (Å²) in [5, 5.41) is 8.81. The molecule has 6 nitrogen and oxygen atoms in total. The van der Waals surface area contributed by atoms with E-state index in [9.17, 15) is 13.2 Å². The van der Waals surface area contributed by atoms with E-state index in [0.717, 1.165) is 6.26 Å². The Morgan fingerprint density at radius 3 is 2.47 bits per heavy atom. The summed E-state index contributed by atoms with van der Waals surface area (Å²) in [6.45, 7) is 1.72. The fraction of sp³-hybridized carbons (Fsp3) is 0.417. The van der Waals surface area contributed by atoms with E-state index in [4.69, 9.17) is 15.6 Å². The van der Waals surface area contributed by atoms with Crippen LogP contribution >= 0.6 is 0 Å². The minimum Gasteiger partial charge on any atom is -0.496 e. The van der Waals surface area contributed by atoms with Gasteiger partial charge < -0.3 is 15.6 Å². The first kappa shape index (κ1) is 15.5. The van der Waals surface area contributed by atoms with Gasteiger partial charge in [-0.25, -0.2) is 8.42 Å². The van der Waals surface area contributed by atoms with Crippen LogP contribution in [0.15, 0.2) is 17.0 Å². The third kappa shape index (κ3) is 3.68. The van der Waals surface area contributed by atoms with E-state index in [1.54, 1.807) is 6.92 Å². The first-order valence-corrected chi connectivity index (χ1v) is 7.42. The highest BCUT2D eigenvalue weighted by Gasteiger charge is 2.20. The van der Waals surface area contributed by atoms with Crippen molar-refractivity contribution in [3.05, 3.63) is 23.3 Å². The van der Waals surface area contributed by atoms with E-state index < -0.39 is 21.8 Å². The number of hydrogen-bond acceptors (Lipinski definition) is 5. The zero-order chi connectivity index (χ0) is 14.8. The van der Waals surface area contributed by atoms with Crippen LogP contribution < -0.4 is 10.5 Å². The van der Waals surface area contributed by atoms with Crippen molar-refractivity contribution in [2.24, 2.45) is 5.73 Å². The lowest BCUT2D eigenvalue weighted by Gasteiger charge is -2.14. The number of carboxylic acid groups (broad SMARTS) is 1. The lowest BCUT2D eigenvalue weighted by Crippen LogP contribution is -2.32. The van der Waals surface area contributed by atoms with Gasteiger partial charge in [0.2, 0.25) is 0 Å². The molecule has 1 atom stereocenters. The van der Waals surface area contributed by atoms with E-state index in [0.29, 0.717) is 16.9 Å². The fourth-order valence-corrected chi connectivity index (χ4v) is 2.76. The fourth-order valence-electron chi connectivity index (χ4n) is 1.75.